The van der Waals surface area contributed by atoms with Gasteiger partial charge in [-0.15, -0.1) is 0 Å². The summed E-state index contributed by atoms with van der Waals surface area (Å²) in [5.74, 6) is 0.387. The van der Waals surface area contributed by atoms with Gasteiger partial charge in [0.15, 0.2) is 0 Å². The van der Waals surface area contributed by atoms with Gasteiger partial charge in [0.2, 0.25) is 0 Å². The van der Waals surface area contributed by atoms with Crippen LogP contribution in [0.3, 0.4) is 0 Å². The Morgan fingerprint density at radius 1 is 1.08 bits per heavy atom. The van der Waals surface area contributed by atoms with Crippen LogP contribution in [-0.2, 0) is 0 Å². The van der Waals surface area contributed by atoms with E-state index in [2.05, 4.69) is 39.5 Å². The summed E-state index contributed by atoms with van der Waals surface area (Å²) in [6.45, 7) is 2.15. The van der Waals surface area contributed by atoms with Crippen molar-refractivity contribution < 1.29 is 4.79 Å². The summed E-state index contributed by atoms with van der Waals surface area (Å²) in [6, 6.07) is 14.6. The van der Waals surface area contributed by atoms with Crippen molar-refractivity contribution in [3.8, 4) is 0 Å². The van der Waals surface area contributed by atoms with Crippen LogP contribution < -0.4 is 10.2 Å². The summed E-state index contributed by atoms with van der Waals surface area (Å²) in [4.78, 5) is 19.1. The number of carbonyl (C=O) groups excluding carboxylic acids is 1. The zero-order valence-corrected chi connectivity index (χ0v) is 13.8. The van der Waals surface area contributed by atoms with Gasteiger partial charge in [0.25, 0.3) is 5.91 Å². The molecule has 4 nitrogen and oxygen atoms in total. The summed E-state index contributed by atoms with van der Waals surface area (Å²) >= 11 is 0. The first-order valence-electron chi connectivity index (χ1n) is 8.88. The highest BCUT2D eigenvalue weighted by Crippen LogP contribution is 2.40. The van der Waals surface area contributed by atoms with Gasteiger partial charge in [-0.05, 0) is 43.4 Å². The van der Waals surface area contributed by atoms with Crippen molar-refractivity contribution in [2.24, 2.45) is 0 Å². The largest absolute Gasteiger partial charge is 0.371 e. The fourth-order valence-electron chi connectivity index (χ4n) is 3.56. The Morgan fingerprint density at radius 3 is 2.67 bits per heavy atom. The zero-order chi connectivity index (χ0) is 16.4. The van der Waals surface area contributed by atoms with Crippen LogP contribution in [0.1, 0.15) is 47.7 Å². The lowest BCUT2D eigenvalue weighted by molar-refractivity contribution is 0.0945. The molecular weight excluding hydrogens is 298 g/mol. The number of nitrogens with one attached hydrogen (secondary N) is 1. The van der Waals surface area contributed by atoms with Crippen LogP contribution in [0.4, 0.5) is 5.69 Å². The smallest absolute Gasteiger partial charge is 0.270 e. The second-order valence-electron chi connectivity index (χ2n) is 6.78. The molecule has 2 aliphatic rings. The molecule has 1 amide bonds. The van der Waals surface area contributed by atoms with Crippen LogP contribution in [-0.4, -0.2) is 30.0 Å². The molecule has 2 atom stereocenters. The molecule has 1 N–H and O–H groups in total. The van der Waals surface area contributed by atoms with Gasteiger partial charge < -0.3 is 10.2 Å². The van der Waals surface area contributed by atoms with Gasteiger partial charge in [-0.25, -0.2) is 0 Å². The Morgan fingerprint density at radius 2 is 1.88 bits per heavy atom. The second kappa shape index (κ2) is 6.63. The monoisotopic (exact) mass is 321 g/mol. The topological polar surface area (TPSA) is 45.2 Å². The van der Waals surface area contributed by atoms with Crippen LogP contribution in [0.2, 0.25) is 0 Å². The predicted octanol–water partition coefficient (Wildman–Crippen LogP) is 3.36. The summed E-state index contributed by atoms with van der Waals surface area (Å²) in [6.07, 6.45) is 6.52. The highest BCUT2D eigenvalue weighted by atomic mass is 16.2. The average molecular weight is 321 g/mol. The Hall–Kier alpha value is -2.36. The van der Waals surface area contributed by atoms with Crippen molar-refractivity contribution in [2.75, 3.05) is 18.0 Å². The summed E-state index contributed by atoms with van der Waals surface area (Å²) in [7, 11) is 0. The third-order valence-corrected chi connectivity index (χ3v) is 5.03. The number of carbonyl (C=O) groups is 1. The van der Waals surface area contributed by atoms with E-state index >= 15 is 0 Å². The maximum Gasteiger partial charge on any atom is 0.270 e. The second-order valence-corrected chi connectivity index (χ2v) is 6.78. The molecule has 124 valence electrons. The highest BCUT2D eigenvalue weighted by Gasteiger charge is 2.39. The normalized spacial score (nSPS) is 22.9. The minimum Gasteiger partial charge on any atom is -0.371 e. The Bertz CT molecular complexity index is 710. The molecule has 0 bridgehead atoms. The molecule has 2 fully saturated rings. The lowest BCUT2D eigenvalue weighted by atomic mass is 10.1. The number of rotatable bonds is 4. The third-order valence-electron chi connectivity index (χ3n) is 5.03. The highest BCUT2D eigenvalue weighted by molar-refractivity contribution is 5.93. The molecule has 4 heteroatoms. The molecule has 1 aromatic carbocycles. The van der Waals surface area contributed by atoms with Gasteiger partial charge in [0, 0.05) is 36.9 Å². The summed E-state index contributed by atoms with van der Waals surface area (Å²) in [5, 5.41) is 3.13. The number of amides is 1. The van der Waals surface area contributed by atoms with Crippen molar-refractivity contribution in [3.05, 3.63) is 59.9 Å². The quantitative estimate of drug-likeness (QED) is 0.939. The van der Waals surface area contributed by atoms with Crippen LogP contribution in [0.15, 0.2) is 48.7 Å². The number of aromatic nitrogens is 1. The molecule has 4 rings (SSSR count). The third kappa shape index (κ3) is 3.28. The standard InChI is InChI=1S/C20H23N3O/c24-20(22-18-14-17(18)15-7-3-1-4-8-15)19-13-16(9-10-21-19)23-11-5-2-6-12-23/h1,3-4,7-10,13,17-18H,2,5-6,11-12,14H2,(H,22,24)/t17-,18+/m0/s1. The molecule has 0 unspecified atom stereocenters. The van der Waals surface area contributed by atoms with Gasteiger partial charge >= 0.3 is 0 Å². The Balaban J connectivity index is 1.40. The van der Waals surface area contributed by atoms with E-state index in [0.29, 0.717) is 11.6 Å². The van der Waals surface area contributed by atoms with Crippen LogP contribution in [0.25, 0.3) is 0 Å². The van der Waals surface area contributed by atoms with Crippen molar-refractivity contribution >= 4 is 11.6 Å². The zero-order valence-electron chi connectivity index (χ0n) is 13.8. The van der Waals surface area contributed by atoms with Crippen LogP contribution in [0, 0.1) is 0 Å². The Labute approximate surface area is 142 Å². The molecule has 1 saturated heterocycles. The van der Waals surface area contributed by atoms with E-state index in [-0.39, 0.29) is 11.9 Å². The van der Waals surface area contributed by atoms with E-state index in [9.17, 15) is 4.79 Å². The predicted molar refractivity (Wildman–Crippen MR) is 95.4 cm³/mol. The molecule has 2 heterocycles. The first kappa shape index (κ1) is 15.2. The van der Waals surface area contributed by atoms with Crippen LogP contribution in [0.5, 0.6) is 0 Å². The summed E-state index contributed by atoms with van der Waals surface area (Å²) in [5.41, 5.74) is 2.94. The number of nitrogens with zero attached hydrogens (tertiary/aromatic N) is 2. The van der Waals surface area contributed by atoms with E-state index in [1.54, 1.807) is 6.20 Å². The maximum absolute atomic E-state index is 12.5. The van der Waals surface area contributed by atoms with Gasteiger partial charge in [0.1, 0.15) is 5.69 Å². The number of piperidine rings is 1. The summed E-state index contributed by atoms with van der Waals surface area (Å²) < 4.78 is 0. The molecule has 2 aromatic rings. The number of hydrogen-bond acceptors (Lipinski definition) is 3. The Kier molecular flexibility index (Phi) is 4.20. The number of hydrogen-bond donors (Lipinski definition) is 1. The molecular formula is C20H23N3O. The first-order chi connectivity index (χ1) is 11.8. The maximum atomic E-state index is 12.5. The number of anilines is 1. The van der Waals surface area contributed by atoms with Gasteiger partial charge in [-0.2, -0.15) is 0 Å². The van der Waals surface area contributed by atoms with Gasteiger partial charge in [-0.1, -0.05) is 30.3 Å². The number of benzene rings is 1. The molecule has 0 radical (unpaired) electrons. The average Bonchev–Trinajstić information content (AvgIpc) is 3.42. The molecule has 1 aliphatic heterocycles. The lowest BCUT2D eigenvalue weighted by Crippen LogP contribution is -2.31. The molecule has 1 saturated carbocycles. The van der Waals surface area contributed by atoms with E-state index in [4.69, 9.17) is 0 Å². The van der Waals surface area contributed by atoms with Gasteiger partial charge in [0.05, 0.1) is 0 Å². The van der Waals surface area contributed by atoms with E-state index in [1.807, 2.05) is 18.2 Å². The minimum absolute atomic E-state index is 0.0581. The molecule has 1 aliphatic carbocycles. The van der Waals surface area contributed by atoms with Gasteiger partial charge in [-0.3, -0.25) is 9.78 Å². The van der Waals surface area contributed by atoms with Crippen molar-refractivity contribution in [1.82, 2.24) is 10.3 Å². The fourth-order valence-corrected chi connectivity index (χ4v) is 3.56. The molecule has 0 spiro atoms. The van der Waals surface area contributed by atoms with Crippen molar-refractivity contribution in [2.45, 2.75) is 37.6 Å². The fraction of sp³-hybridized carbons (Fsp3) is 0.400. The minimum atomic E-state index is -0.0581. The van der Waals surface area contributed by atoms with E-state index < -0.39 is 0 Å². The SMILES string of the molecule is O=C(N[C@@H]1C[C@H]1c1ccccc1)c1cc(N2CCCCC2)ccn1. The van der Waals surface area contributed by atoms with E-state index in [0.717, 1.165) is 25.2 Å². The van der Waals surface area contributed by atoms with Crippen molar-refractivity contribution in [1.29, 1.82) is 0 Å². The van der Waals surface area contributed by atoms with E-state index in [1.165, 1.54) is 24.8 Å². The first-order valence-corrected chi connectivity index (χ1v) is 8.88. The van der Waals surface area contributed by atoms with Crippen molar-refractivity contribution in [3.63, 3.8) is 0 Å². The number of pyridine rings is 1. The lowest BCUT2D eigenvalue weighted by Gasteiger charge is -2.28. The molecule has 1 aromatic heterocycles. The molecule has 24 heavy (non-hydrogen) atoms. The van der Waals surface area contributed by atoms with Crippen LogP contribution >= 0.6 is 0 Å².